The van der Waals surface area contributed by atoms with Gasteiger partial charge in [0.2, 0.25) is 5.88 Å². The van der Waals surface area contributed by atoms with E-state index in [1.165, 1.54) is 4.57 Å². The van der Waals surface area contributed by atoms with Gasteiger partial charge in [0.15, 0.2) is 4.77 Å². The van der Waals surface area contributed by atoms with Crippen molar-refractivity contribution in [2.24, 2.45) is 4.99 Å². The van der Waals surface area contributed by atoms with Gasteiger partial charge in [-0.2, -0.15) is 0 Å². The van der Waals surface area contributed by atoms with E-state index in [0.29, 0.717) is 11.4 Å². The zero-order valence-corrected chi connectivity index (χ0v) is 19.9. The van der Waals surface area contributed by atoms with Crippen molar-refractivity contribution >= 4 is 35.3 Å². The SMILES string of the molecule is CC1=Nc2ccccc2C1=Cc1c(O)n(-c2ccccc2C)c(=S)n(-c2ccccc2C)c1=O. The van der Waals surface area contributed by atoms with Crippen LogP contribution in [0.2, 0.25) is 0 Å². The second-order valence-corrected chi connectivity index (χ2v) is 8.71. The Labute approximate surface area is 202 Å². The van der Waals surface area contributed by atoms with E-state index in [0.717, 1.165) is 33.7 Å². The molecule has 1 aromatic heterocycles. The molecule has 1 aliphatic heterocycles. The molecule has 0 bridgehead atoms. The summed E-state index contributed by atoms with van der Waals surface area (Å²) in [5.74, 6) is -0.196. The van der Waals surface area contributed by atoms with Crippen LogP contribution in [-0.2, 0) is 0 Å². The zero-order valence-electron chi connectivity index (χ0n) is 19.1. The van der Waals surface area contributed by atoms with Crippen LogP contribution in [0.15, 0.2) is 82.6 Å². The van der Waals surface area contributed by atoms with Crippen LogP contribution >= 0.6 is 12.2 Å². The van der Waals surface area contributed by atoms with Gasteiger partial charge in [0.05, 0.1) is 17.1 Å². The molecule has 0 fully saturated rings. The van der Waals surface area contributed by atoms with Crippen molar-refractivity contribution in [1.82, 2.24) is 9.13 Å². The molecule has 0 aliphatic carbocycles. The van der Waals surface area contributed by atoms with Crippen LogP contribution in [0.4, 0.5) is 5.69 Å². The molecule has 0 atom stereocenters. The van der Waals surface area contributed by atoms with Crippen LogP contribution < -0.4 is 5.56 Å². The molecule has 1 N–H and O–H groups in total. The average molecular weight is 466 g/mol. The summed E-state index contributed by atoms with van der Waals surface area (Å²) >= 11 is 5.80. The maximum Gasteiger partial charge on any atom is 0.270 e. The zero-order chi connectivity index (χ0) is 24.0. The number of benzene rings is 3. The van der Waals surface area contributed by atoms with Crippen LogP contribution in [0.5, 0.6) is 5.88 Å². The predicted molar refractivity (Wildman–Crippen MR) is 140 cm³/mol. The smallest absolute Gasteiger partial charge is 0.270 e. The van der Waals surface area contributed by atoms with Gasteiger partial charge in [-0.25, -0.2) is 0 Å². The predicted octanol–water partition coefficient (Wildman–Crippen LogP) is 6.33. The van der Waals surface area contributed by atoms with Crippen molar-refractivity contribution in [3.63, 3.8) is 0 Å². The summed E-state index contributed by atoms with van der Waals surface area (Å²) in [5, 5.41) is 11.5. The number of hydrogen-bond donors (Lipinski definition) is 1. The molecule has 0 unspecified atom stereocenters. The molecule has 168 valence electrons. The average Bonchev–Trinajstić information content (AvgIpc) is 3.14. The summed E-state index contributed by atoms with van der Waals surface area (Å²) in [4.78, 5) is 18.5. The Morgan fingerprint density at radius 2 is 1.38 bits per heavy atom. The summed E-state index contributed by atoms with van der Waals surface area (Å²) in [6.45, 7) is 5.78. The Morgan fingerprint density at radius 1 is 0.824 bits per heavy atom. The van der Waals surface area contributed by atoms with Crippen molar-refractivity contribution in [2.75, 3.05) is 0 Å². The molecule has 0 radical (unpaired) electrons. The lowest BCUT2D eigenvalue weighted by Gasteiger charge is -2.19. The third kappa shape index (κ3) is 3.43. The topological polar surface area (TPSA) is 59.5 Å². The molecule has 1 aliphatic rings. The lowest BCUT2D eigenvalue weighted by molar-refractivity contribution is 0.429. The van der Waals surface area contributed by atoms with Crippen LogP contribution in [0.25, 0.3) is 23.0 Å². The third-order valence-corrected chi connectivity index (χ3v) is 6.51. The highest BCUT2D eigenvalue weighted by molar-refractivity contribution is 7.71. The number of para-hydroxylation sites is 3. The summed E-state index contributed by atoms with van der Waals surface area (Å²) in [7, 11) is 0. The molecule has 6 heteroatoms. The Hall–Kier alpha value is -4.03. The fraction of sp³-hybridized carbons (Fsp3) is 0.107. The number of allylic oxidation sites excluding steroid dienone is 1. The van der Waals surface area contributed by atoms with E-state index >= 15 is 0 Å². The molecule has 0 amide bonds. The van der Waals surface area contributed by atoms with Gasteiger partial charge in [-0.3, -0.25) is 18.9 Å². The number of aromatic hydroxyl groups is 1. The highest BCUT2D eigenvalue weighted by atomic mass is 32.1. The summed E-state index contributed by atoms with van der Waals surface area (Å²) in [6, 6.07) is 23.0. The molecule has 4 aromatic rings. The van der Waals surface area contributed by atoms with Gasteiger partial charge in [0.25, 0.3) is 5.56 Å². The Balaban J connectivity index is 1.90. The van der Waals surface area contributed by atoms with Gasteiger partial charge in [-0.15, -0.1) is 0 Å². The molecule has 34 heavy (non-hydrogen) atoms. The molecule has 5 rings (SSSR count). The summed E-state index contributed by atoms with van der Waals surface area (Å²) < 4.78 is 3.26. The number of hydrogen-bond acceptors (Lipinski definition) is 4. The molecule has 0 spiro atoms. The normalized spacial score (nSPS) is 13.7. The van der Waals surface area contributed by atoms with Crippen molar-refractivity contribution < 1.29 is 5.11 Å². The lowest BCUT2D eigenvalue weighted by atomic mass is 10.0. The number of aliphatic imine (C=N–C) groups is 1. The number of aryl methyl sites for hydroxylation is 2. The van der Waals surface area contributed by atoms with Gasteiger partial charge in [0.1, 0.15) is 5.56 Å². The van der Waals surface area contributed by atoms with Crippen LogP contribution in [0, 0.1) is 18.6 Å². The van der Waals surface area contributed by atoms with Gasteiger partial charge in [0, 0.05) is 16.8 Å². The number of fused-ring (bicyclic) bond motifs is 1. The van der Waals surface area contributed by atoms with Gasteiger partial charge in [-0.1, -0.05) is 54.6 Å². The molecule has 2 heterocycles. The van der Waals surface area contributed by atoms with Gasteiger partial charge < -0.3 is 5.11 Å². The largest absolute Gasteiger partial charge is 0.494 e. The van der Waals surface area contributed by atoms with Gasteiger partial charge in [-0.05, 0) is 68.4 Å². The van der Waals surface area contributed by atoms with E-state index in [-0.39, 0.29) is 21.8 Å². The van der Waals surface area contributed by atoms with E-state index in [2.05, 4.69) is 4.99 Å². The van der Waals surface area contributed by atoms with E-state index in [4.69, 9.17) is 12.2 Å². The standard InChI is InChI=1S/C28H23N3O2S/c1-17-10-4-8-14-24(17)30-26(32)22(16-21-19(3)29-23-13-7-6-12-20(21)23)27(33)31(28(30)34)25-15-9-5-11-18(25)2/h4-16,32H,1-3H3. The molecule has 3 aromatic carbocycles. The number of aromatic nitrogens is 2. The minimum atomic E-state index is -0.383. The highest BCUT2D eigenvalue weighted by Gasteiger charge is 2.23. The van der Waals surface area contributed by atoms with Crippen molar-refractivity contribution in [3.05, 3.63) is 110 Å². The lowest BCUT2D eigenvalue weighted by Crippen LogP contribution is -2.26. The fourth-order valence-corrected chi connectivity index (χ4v) is 4.73. The molecule has 5 nitrogen and oxygen atoms in total. The monoisotopic (exact) mass is 465 g/mol. The Bertz CT molecular complexity index is 1640. The third-order valence-electron chi connectivity index (χ3n) is 6.14. The van der Waals surface area contributed by atoms with E-state index < -0.39 is 0 Å². The van der Waals surface area contributed by atoms with Crippen LogP contribution in [-0.4, -0.2) is 20.0 Å². The Morgan fingerprint density at radius 3 is 2.03 bits per heavy atom. The first-order chi connectivity index (χ1) is 16.4. The molecular formula is C28H23N3O2S. The first-order valence-corrected chi connectivity index (χ1v) is 11.4. The first-order valence-electron chi connectivity index (χ1n) is 11.0. The first kappa shape index (κ1) is 21.8. The van der Waals surface area contributed by atoms with Crippen molar-refractivity contribution in [1.29, 1.82) is 0 Å². The Kier molecular flexibility index (Phi) is 5.38. The second-order valence-electron chi connectivity index (χ2n) is 8.34. The fourth-order valence-electron chi connectivity index (χ4n) is 4.36. The number of rotatable bonds is 3. The maximum atomic E-state index is 13.9. The molecule has 0 saturated carbocycles. The van der Waals surface area contributed by atoms with E-state index in [1.807, 2.05) is 93.6 Å². The highest BCUT2D eigenvalue weighted by Crippen LogP contribution is 2.36. The minimum Gasteiger partial charge on any atom is -0.494 e. The molecular weight excluding hydrogens is 442 g/mol. The second kappa shape index (κ2) is 8.39. The van der Waals surface area contributed by atoms with E-state index in [9.17, 15) is 9.90 Å². The summed E-state index contributed by atoms with van der Waals surface area (Å²) in [5.41, 5.74) is 6.34. The van der Waals surface area contributed by atoms with Crippen LogP contribution in [0.3, 0.4) is 0 Å². The van der Waals surface area contributed by atoms with E-state index in [1.54, 1.807) is 10.6 Å². The minimum absolute atomic E-state index is 0.154. The van der Waals surface area contributed by atoms with Crippen molar-refractivity contribution in [3.8, 4) is 17.3 Å². The summed E-state index contributed by atoms with van der Waals surface area (Å²) in [6.07, 6.45) is 1.72. The van der Waals surface area contributed by atoms with Crippen molar-refractivity contribution in [2.45, 2.75) is 20.8 Å². The number of nitrogens with zero attached hydrogens (tertiary/aromatic N) is 3. The molecule has 0 saturated heterocycles. The quantitative estimate of drug-likeness (QED) is 0.360. The van der Waals surface area contributed by atoms with Crippen LogP contribution in [0.1, 0.15) is 29.2 Å². The van der Waals surface area contributed by atoms with Gasteiger partial charge >= 0.3 is 0 Å². The maximum absolute atomic E-state index is 13.9.